The Labute approximate surface area is 161 Å². The average molecular weight is 377 g/mol. The van der Waals surface area contributed by atoms with Crippen molar-refractivity contribution in [1.29, 1.82) is 0 Å². The van der Waals surface area contributed by atoms with Crippen LogP contribution in [0.15, 0.2) is 48.7 Å². The number of aromatic nitrogens is 2. The molecule has 4 rings (SSSR count). The molecule has 1 aliphatic rings. The van der Waals surface area contributed by atoms with Crippen molar-refractivity contribution in [3.8, 4) is 0 Å². The van der Waals surface area contributed by atoms with E-state index in [-0.39, 0.29) is 17.8 Å². The van der Waals surface area contributed by atoms with E-state index in [1.165, 1.54) is 4.90 Å². The lowest BCUT2D eigenvalue weighted by Gasteiger charge is -2.13. The number of carbonyl (C=O) groups is 3. The minimum absolute atomic E-state index is 0.245. The topological polar surface area (TPSA) is 81.5 Å². The van der Waals surface area contributed by atoms with Gasteiger partial charge < -0.3 is 4.74 Å². The van der Waals surface area contributed by atoms with Crippen molar-refractivity contribution < 1.29 is 19.1 Å². The molecule has 0 spiro atoms. The van der Waals surface area contributed by atoms with E-state index < -0.39 is 0 Å². The lowest BCUT2D eigenvalue weighted by atomic mass is 10.1. The number of benzene rings is 2. The molecule has 7 nitrogen and oxygen atoms in total. The average Bonchev–Trinajstić information content (AvgIpc) is 3.22. The maximum absolute atomic E-state index is 12.4. The fourth-order valence-electron chi connectivity index (χ4n) is 3.37. The van der Waals surface area contributed by atoms with Gasteiger partial charge in [-0.25, -0.2) is 4.79 Å². The van der Waals surface area contributed by atoms with E-state index in [0.717, 1.165) is 10.9 Å². The summed E-state index contributed by atoms with van der Waals surface area (Å²) in [4.78, 5) is 37.9. The molecule has 0 N–H and O–H groups in total. The molecule has 1 aromatic heterocycles. The Morgan fingerprint density at radius 3 is 2.43 bits per heavy atom. The summed E-state index contributed by atoms with van der Waals surface area (Å²) in [7, 11) is 0. The molecule has 142 valence electrons. The Hall–Kier alpha value is -3.48. The molecule has 0 fully saturated rings. The van der Waals surface area contributed by atoms with Crippen LogP contribution in [0.2, 0.25) is 0 Å². The van der Waals surface area contributed by atoms with Crippen molar-refractivity contribution in [3.63, 3.8) is 0 Å². The van der Waals surface area contributed by atoms with E-state index in [9.17, 15) is 14.4 Å². The molecule has 2 amide bonds. The Morgan fingerprint density at radius 2 is 1.75 bits per heavy atom. The second-order valence-electron chi connectivity index (χ2n) is 6.55. The molecule has 0 unspecified atom stereocenters. The minimum Gasteiger partial charge on any atom is -0.462 e. The highest BCUT2D eigenvalue weighted by Gasteiger charge is 2.34. The van der Waals surface area contributed by atoms with Crippen LogP contribution in [0.5, 0.6) is 0 Å². The van der Waals surface area contributed by atoms with Crippen molar-refractivity contribution in [2.24, 2.45) is 0 Å². The number of aryl methyl sites for hydroxylation is 1. The number of rotatable bonds is 6. The van der Waals surface area contributed by atoms with Crippen molar-refractivity contribution >= 4 is 28.7 Å². The maximum Gasteiger partial charge on any atom is 0.338 e. The largest absolute Gasteiger partial charge is 0.462 e. The quantitative estimate of drug-likeness (QED) is 0.487. The van der Waals surface area contributed by atoms with Gasteiger partial charge in [0.15, 0.2) is 0 Å². The fourth-order valence-corrected chi connectivity index (χ4v) is 3.37. The van der Waals surface area contributed by atoms with Gasteiger partial charge >= 0.3 is 5.97 Å². The molecule has 3 aromatic rings. The van der Waals surface area contributed by atoms with Crippen LogP contribution in [0.4, 0.5) is 0 Å². The fraction of sp³-hybridized carbons (Fsp3) is 0.238. The Kier molecular flexibility index (Phi) is 4.65. The molecule has 2 heterocycles. The summed E-state index contributed by atoms with van der Waals surface area (Å²) in [5.74, 6) is -0.849. The lowest BCUT2D eigenvalue weighted by Crippen LogP contribution is -2.31. The molecular formula is C21H19N3O4. The summed E-state index contributed by atoms with van der Waals surface area (Å²) in [6.07, 6.45) is 2.44. The van der Waals surface area contributed by atoms with E-state index in [2.05, 4.69) is 5.10 Å². The van der Waals surface area contributed by atoms with Gasteiger partial charge in [0, 0.05) is 24.7 Å². The van der Waals surface area contributed by atoms with Gasteiger partial charge in [-0.05, 0) is 43.7 Å². The zero-order chi connectivity index (χ0) is 19.7. The first kappa shape index (κ1) is 17.9. The van der Waals surface area contributed by atoms with Crippen LogP contribution in [0, 0.1) is 0 Å². The highest BCUT2D eigenvalue weighted by molar-refractivity contribution is 6.21. The summed E-state index contributed by atoms with van der Waals surface area (Å²) in [6, 6.07) is 12.1. The molecule has 2 aromatic carbocycles. The van der Waals surface area contributed by atoms with E-state index in [1.54, 1.807) is 54.1 Å². The SMILES string of the molecule is CCOC(=O)c1ccc2nn(CCCN3C(=O)c4ccccc4C3=O)cc2c1. The third-order valence-corrected chi connectivity index (χ3v) is 4.71. The number of hydrogen-bond acceptors (Lipinski definition) is 5. The number of esters is 1. The predicted molar refractivity (Wildman–Crippen MR) is 102 cm³/mol. The van der Waals surface area contributed by atoms with E-state index in [1.807, 2.05) is 6.20 Å². The molecule has 7 heteroatoms. The van der Waals surface area contributed by atoms with Gasteiger partial charge in [0.05, 0.1) is 28.8 Å². The van der Waals surface area contributed by atoms with Crippen LogP contribution < -0.4 is 0 Å². The van der Waals surface area contributed by atoms with Gasteiger partial charge in [-0.15, -0.1) is 0 Å². The molecule has 1 aliphatic heterocycles. The van der Waals surface area contributed by atoms with Crippen LogP contribution in [-0.2, 0) is 11.3 Å². The summed E-state index contributed by atoms with van der Waals surface area (Å²) in [5.41, 5.74) is 2.18. The number of fused-ring (bicyclic) bond motifs is 2. The number of hydrogen-bond donors (Lipinski definition) is 0. The predicted octanol–water partition coefficient (Wildman–Crippen LogP) is 2.90. The zero-order valence-corrected chi connectivity index (χ0v) is 15.4. The number of ether oxygens (including phenoxy) is 1. The molecular weight excluding hydrogens is 358 g/mol. The van der Waals surface area contributed by atoms with Gasteiger partial charge in [0.1, 0.15) is 0 Å². The number of carbonyl (C=O) groups excluding carboxylic acids is 3. The molecule has 0 saturated heterocycles. The Balaban J connectivity index is 1.42. The number of amides is 2. The molecule has 0 radical (unpaired) electrons. The molecule has 0 saturated carbocycles. The third kappa shape index (κ3) is 3.15. The second-order valence-corrected chi connectivity index (χ2v) is 6.55. The van der Waals surface area contributed by atoms with Crippen LogP contribution in [0.3, 0.4) is 0 Å². The third-order valence-electron chi connectivity index (χ3n) is 4.71. The van der Waals surface area contributed by atoms with E-state index in [0.29, 0.717) is 42.8 Å². The molecule has 28 heavy (non-hydrogen) atoms. The van der Waals surface area contributed by atoms with Crippen molar-refractivity contribution in [3.05, 3.63) is 65.4 Å². The Morgan fingerprint density at radius 1 is 1.04 bits per heavy atom. The van der Waals surface area contributed by atoms with E-state index >= 15 is 0 Å². The first-order valence-electron chi connectivity index (χ1n) is 9.18. The number of imide groups is 1. The molecule has 0 aliphatic carbocycles. The van der Waals surface area contributed by atoms with Crippen molar-refractivity contribution in [1.82, 2.24) is 14.7 Å². The smallest absolute Gasteiger partial charge is 0.338 e. The van der Waals surface area contributed by atoms with Gasteiger partial charge in [-0.1, -0.05) is 12.1 Å². The molecule has 0 atom stereocenters. The first-order chi connectivity index (χ1) is 13.6. The van der Waals surface area contributed by atoms with Crippen LogP contribution in [-0.4, -0.2) is 45.6 Å². The Bertz CT molecular complexity index is 1050. The zero-order valence-electron chi connectivity index (χ0n) is 15.4. The molecule has 0 bridgehead atoms. The summed E-state index contributed by atoms with van der Waals surface area (Å²) in [5, 5.41) is 5.32. The monoisotopic (exact) mass is 377 g/mol. The minimum atomic E-state index is -0.359. The lowest BCUT2D eigenvalue weighted by molar-refractivity contribution is 0.0525. The van der Waals surface area contributed by atoms with Crippen LogP contribution in [0.1, 0.15) is 44.4 Å². The maximum atomic E-state index is 12.4. The van der Waals surface area contributed by atoms with Crippen LogP contribution >= 0.6 is 0 Å². The van der Waals surface area contributed by atoms with E-state index in [4.69, 9.17) is 4.74 Å². The van der Waals surface area contributed by atoms with Gasteiger partial charge in [0.25, 0.3) is 11.8 Å². The van der Waals surface area contributed by atoms with Crippen LogP contribution in [0.25, 0.3) is 10.9 Å². The number of nitrogens with zero attached hydrogens (tertiary/aromatic N) is 3. The normalized spacial score (nSPS) is 13.2. The van der Waals surface area contributed by atoms with Crippen molar-refractivity contribution in [2.75, 3.05) is 13.2 Å². The highest BCUT2D eigenvalue weighted by Crippen LogP contribution is 2.22. The van der Waals surface area contributed by atoms with Gasteiger partial charge in [0.2, 0.25) is 0 Å². The standard InChI is InChI=1S/C21H19N3O4/c1-2-28-21(27)14-8-9-18-15(12-14)13-23(22-18)10-5-11-24-19(25)16-6-3-4-7-17(16)20(24)26/h3-4,6-9,12-13H,2,5,10-11H2,1H3. The summed E-state index contributed by atoms with van der Waals surface area (Å²) >= 11 is 0. The van der Waals surface area contributed by atoms with Gasteiger partial charge in [-0.2, -0.15) is 5.10 Å². The summed E-state index contributed by atoms with van der Waals surface area (Å²) < 4.78 is 6.78. The van der Waals surface area contributed by atoms with Crippen molar-refractivity contribution in [2.45, 2.75) is 19.9 Å². The first-order valence-corrected chi connectivity index (χ1v) is 9.18. The summed E-state index contributed by atoms with van der Waals surface area (Å²) in [6.45, 7) is 2.98. The highest BCUT2D eigenvalue weighted by atomic mass is 16.5. The second kappa shape index (κ2) is 7.26. The van der Waals surface area contributed by atoms with Gasteiger partial charge in [-0.3, -0.25) is 19.2 Å².